The average Bonchev–Trinajstić information content (AvgIpc) is 3.14. The van der Waals surface area contributed by atoms with Crippen LogP contribution in [0.1, 0.15) is 11.1 Å². The molecule has 2 aromatic carbocycles. The molecule has 0 aliphatic carbocycles. The number of hydrogen-bond acceptors (Lipinski definition) is 7. The molecule has 0 unspecified atom stereocenters. The average molecular weight is 427 g/mol. The Labute approximate surface area is 174 Å². The lowest BCUT2D eigenvalue weighted by Gasteiger charge is -2.11. The minimum absolute atomic E-state index is 0.0957. The van der Waals surface area contributed by atoms with Crippen molar-refractivity contribution < 1.29 is 32.6 Å². The molecule has 0 atom stereocenters. The number of carboxylic acid groups (broad SMARTS) is 1. The van der Waals surface area contributed by atoms with Crippen LogP contribution in [0.3, 0.4) is 0 Å². The molecular formula is C21H15F2N3O5. The highest BCUT2D eigenvalue weighted by Gasteiger charge is 2.16. The van der Waals surface area contributed by atoms with Crippen LogP contribution < -0.4 is 9.47 Å². The first kappa shape index (κ1) is 20.2. The van der Waals surface area contributed by atoms with E-state index in [4.69, 9.17) is 19.0 Å². The number of aliphatic carboxylic acids is 1. The summed E-state index contributed by atoms with van der Waals surface area (Å²) in [4.78, 5) is 23.1. The zero-order valence-corrected chi connectivity index (χ0v) is 16.3. The number of carbonyl (C=O) groups is 1. The van der Waals surface area contributed by atoms with Gasteiger partial charge in [0.2, 0.25) is 11.7 Å². The summed E-state index contributed by atoms with van der Waals surface area (Å²) in [5, 5.41) is 8.80. The number of aryl methyl sites for hydroxylation is 2. The number of benzene rings is 2. The van der Waals surface area contributed by atoms with E-state index in [0.717, 1.165) is 6.07 Å². The molecule has 0 bridgehead atoms. The van der Waals surface area contributed by atoms with Gasteiger partial charge in [-0.1, -0.05) is 6.07 Å². The molecule has 158 valence electrons. The fourth-order valence-corrected chi connectivity index (χ4v) is 2.99. The standard InChI is InChI=1S/C21H15F2N3O5/c1-10-6-12(7-11(2)18(10)29-9-16(27)28)19-25-14-8-24-21(26-20(14)31-19)30-15-5-3-4-13(22)17(15)23/h3-8H,9H2,1-2H3,(H,27,28). The van der Waals surface area contributed by atoms with Crippen molar-refractivity contribution in [3.05, 3.63) is 59.3 Å². The fourth-order valence-electron chi connectivity index (χ4n) is 2.99. The quantitative estimate of drug-likeness (QED) is 0.481. The van der Waals surface area contributed by atoms with E-state index in [1.54, 1.807) is 26.0 Å². The second-order valence-electron chi connectivity index (χ2n) is 6.64. The van der Waals surface area contributed by atoms with Crippen LogP contribution in [0.15, 0.2) is 40.9 Å². The van der Waals surface area contributed by atoms with E-state index in [0.29, 0.717) is 28.0 Å². The molecule has 0 aliphatic rings. The Kier molecular flexibility index (Phi) is 5.20. The molecule has 0 saturated heterocycles. The van der Waals surface area contributed by atoms with Crippen molar-refractivity contribution in [3.8, 4) is 29.0 Å². The lowest BCUT2D eigenvalue weighted by atomic mass is 10.1. The summed E-state index contributed by atoms with van der Waals surface area (Å²) >= 11 is 0. The van der Waals surface area contributed by atoms with Crippen molar-refractivity contribution in [1.29, 1.82) is 0 Å². The van der Waals surface area contributed by atoms with Gasteiger partial charge in [-0.2, -0.15) is 9.37 Å². The predicted molar refractivity (Wildman–Crippen MR) is 104 cm³/mol. The summed E-state index contributed by atoms with van der Waals surface area (Å²) in [5.74, 6) is -2.93. The van der Waals surface area contributed by atoms with Crippen LogP contribution in [0.5, 0.6) is 17.5 Å². The number of fused-ring (bicyclic) bond motifs is 1. The van der Waals surface area contributed by atoms with E-state index in [9.17, 15) is 13.6 Å². The maximum atomic E-state index is 13.8. The van der Waals surface area contributed by atoms with Crippen LogP contribution >= 0.6 is 0 Å². The first-order valence-electron chi connectivity index (χ1n) is 9.03. The van der Waals surface area contributed by atoms with Crippen molar-refractivity contribution in [2.75, 3.05) is 6.61 Å². The third-order valence-electron chi connectivity index (χ3n) is 4.29. The molecule has 0 spiro atoms. The van der Waals surface area contributed by atoms with E-state index < -0.39 is 24.2 Å². The van der Waals surface area contributed by atoms with Gasteiger partial charge in [0.15, 0.2) is 18.2 Å². The van der Waals surface area contributed by atoms with E-state index in [2.05, 4.69) is 15.0 Å². The van der Waals surface area contributed by atoms with Crippen molar-refractivity contribution in [2.24, 2.45) is 0 Å². The Bertz CT molecular complexity index is 1280. The lowest BCUT2D eigenvalue weighted by molar-refractivity contribution is -0.139. The Morgan fingerprint density at radius 2 is 1.90 bits per heavy atom. The molecular weight excluding hydrogens is 412 g/mol. The van der Waals surface area contributed by atoms with Gasteiger partial charge in [-0.25, -0.2) is 19.2 Å². The number of oxazole rings is 1. The van der Waals surface area contributed by atoms with Crippen molar-refractivity contribution >= 4 is 17.2 Å². The summed E-state index contributed by atoms with van der Waals surface area (Å²) in [7, 11) is 0. The van der Waals surface area contributed by atoms with Gasteiger partial charge >= 0.3 is 12.0 Å². The molecule has 8 nitrogen and oxygen atoms in total. The van der Waals surface area contributed by atoms with Crippen LogP contribution in [0.2, 0.25) is 0 Å². The monoisotopic (exact) mass is 427 g/mol. The largest absolute Gasteiger partial charge is 0.481 e. The van der Waals surface area contributed by atoms with E-state index in [1.165, 1.54) is 18.3 Å². The molecule has 2 heterocycles. The molecule has 2 aromatic heterocycles. The SMILES string of the molecule is Cc1cc(-c2nc3cnc(Oc4cccc(F)c4F)nc3o2)cc(C)c1OCC(=O)O. The highest BCUT2D eigenvalue weighted by Crippen LogP contribution is 2.32. The van der Waals surface area contributed by atoms with Crippen molar-refractivity contribution in [2.45, 2.75) is 13.8 Å². The minimum Gasteiger partial charge on any atom is -0.481 e. The molecule has 0 amide bonds. The molecule has 0 fully saturated rings. The number of rotatable bonds is 6. The Balaban J connectivity index is 1.64. The highest BCUT2D eigenvalue weighted by molar-refractivity contribution is 5.73. The molecule has 0 saturated carbocycles. The number of aromatic nitrogens is 3. The van der Waals surface area contributed by atoms with Gasteiger partial charge in [-0.05, 0) is 49.2 Å². The topological polar surface area (TPSA) is 108 Å². The highest BCUT2D eigenvalue weighted by atomic mass is 19.2. The third kappa shape index (κ3) is 4.13. The van der Waals surface area contributed by atoms with Crippen molar-refractivity contribution in [3.63, 3.8) is 0 Å². The number of carboxylic acids is 1. The summed E-state index contributed by atoms with van der Waals surface area (Å²) in [6, 6.07) is 6.76. The van der Waals surface area contributed by atoms with E-state index >= 15 is 0 Å². The van der Waals surface area contributed by atoms with Gasteiger partial charge in [-0.3, -0.25) is 0 Å². The van der Waals surface area contributed by atoms with Gasteiger partial charge in [0.25, 0.3) is 5.71 Å². The maximum absolute atomic E-state index is 13.8. The van der Waals surface area contributed by atoms with E-state index in [1.807, 2.05) is 0 Å². The summed E-state index contributed by atoms with van der Waals surface area (Å²) in [5.41, 5.74) is 2.46. The predicted octanol–water partition coefficient (Wildman–Crippen LogP) is 4.44. The molecule has 4 rings (SSSR count). The number of ether oxygens (including phenoxy) is 2. The smallest absolute Gasteiger partial charge is 0.341 e. The molecule has 10 heteroatoms. The zero-order valence-electron chi connectivity index (χ0n) is 16.3. The van der Waals surface area contributed by atoms with Gasteiger partial charge in [0, 0.05) is 5.56 Å². The van der Waals surface area contributed by atoms with Gasteiger partial charge < -0.3 is 19.0 Å². The van der Waals surface area contributed by atoms with Crippen LogP contribution in [0, 0.1) is 25.5 Å². The Morgan fingerprint density at radius 3 is 2.61 bits per heavy atom. The normalized spacial score (nSPS) is 11.0. The molecule has 0 aliphatic heterocycles. The number of halogens is 2. The first-order chi connectivity index (χ1) is 14.8. The van der Waals surface area contributed by atoms with Crippen LogP contribution in [-0.4, -0.2) is 32.6 Å². The molecule has 31 heavy (non-hydrogen) atoms. The van der Waals surface area contributed by atoms with Crippen LogP contribution in [-0.2, 0) is 4.79 Å². The third-order valence-corrected chi connectivity index (χ3v) is 4.29. The minimum atomic E-state index is -1.15. The van der Waals surface area contributed by atoms with Gasteiger partial charge in [-0.15, -0.1) is 0 Å². The summed E-state index contributed by atoms with van der Waals surface area (Å²) in [6.07, 6.45) is 1.34. The number of nitrogens with zero attached hydrogens (tertiary/aromatic N) is 3. The first-order valence-corrected chi connectivity index (χ1v) is 9.03. The molecule has 4 aromatic rings. The molecule has 1 N–H and O–H groups in total. The van der Waals surface area contributed by atoms with Crippen LogP contribution in [0.25, 0.3) is 22.7 Å². The summed E-state index contributed by atoms with van der Waals surface area (Å²) in [6.45, 7) is 3.10. The second kappa shape index (κ2) is 7.98. The van der Waals surface area contributed by atoms with Gasteiger partial charge in [0.1, 0.15) is 11.3 Å². The Hall–Kier alpha value is -4.08. The van der Waals surface area contributed by atoms with Crippen molar-refractivity contribution in [1.82, 2.24) is 15.0 Å². The maximum Gasteiger partial charge on any atom is 0.341 e. The second-order valence-corrected chi connectivity index (χ2v) is 6.64. The fraction of sp³-hybridized carbons (Fsp3) is 0.143. The Morgan fingerprint density at radius 1 is 1.16 bits per heavy atom. The zero-order chi connectivity index (χ0) is 22.1. The molecule has 0 radical (unpaired) electrons. The van der Waals surface area contributed by atoms with Crippen LogP contribution in [0.4, 0.5) is 8.78 Å². The van der Waals surface area contributed by atoms with E-state index in [-0.39, 0.29) is 23.4 Å². The summed E-state index contributed by atoms with van der Waals surface area (Å²) < 4.78 is 43.4. The lowest BCUT2D eigenvalue weighted by Crippen LogP contribution is -2.10. The van der Waals surface area contributed by atoms with Gasteiger partial charge in [0.05, 0.1) is 6.20 Å². The number of hydrogen-bond donors (Lipinski definition) is 1.